The molecule has 1 spiro atoms. The number of esters is 1. The van der Waals surface area contributed by atoms with Crippen molar-refractivity contribution < 1.29 is 19.4 Å². The third kappa shape index (κ3) is 2.18. The van der Waals surface area contributed by atoms with Crippen molar-refractivity contribution in [1.29, 1.82) is 0 Å². The zero-order valence-corrected chi connectivity index (χ0v) is 15.8. The number of hydrogen-bond donors (Lipinski definition) is 1. The Balaban J connectivity index is 1.70. The van der Waals surface area contributed by atoms with Crippen LogP contribution in [-0.4, -0.2) is 24.2 Å². The maximum Gasteiger partial charge on any atom is 0.311 e. The maximum absolute atomic E-state index is 12.6. The molecule has 0 aromatic carbocycles. The second-order valence-corrected chi connectivity index (χ2v) is 9.97. The van der Waals surface area contributed by atoms with E-state index in [2.05, 4.69) is 13.8 Å². The van der Waals surface area contributed by atoms with Gasteiger partial charge in [-0.15, -0.1) is 0 Å². The van der Waals surface area contributed by atoms with Crippen molar-refractivity contribution in [3.8, 4) is 0 Å². The molecule has 4 aliphatic rings. The molecule has 7 atom stereocenters. The number of methoxy groups -OCH3 is 1. The van der Waals surface area contributed by atoms with Crippen LogP contribution < -0.4 is 0 Å². The van der Waals surface area contributed by atoms with Crippen molar-refractivity contribution in [2.75, 3.05) is 7.11 Å². The van der Waals surface area contributed by atoms with E-state index in [4.69, 9.17) is 4.74 Å². The normalized spacial score (nSPS) is 51.3. The Morgan fingerprint density at radius 3 is 2.44 bits per heavy atom. The number of rotatable bonds is 2. The number of ether oxygens (including phenoxy) is 1. The molecule has 0 unspecified atom stereocenters. The molecule has 140 valence electrons. The Kier molecular flexibility index (Phi) is 3.80. The molecule has 2 bridgehead atoms. The Morgan fingerprint density at radius 1 is 1.00 bits per heavy atom. The average Bonchev–Trinajstić information content (AvgIpc) is 2.84. The molecule has 25 heavy (non-hydrogen) atoms. The molecule has 0 aromatic rings. The fourth-order valence-electron chi connectivity index (χ4n) is 8.21. The van der Waals surface area contributed by atoms with Crippen molar-refractivity contribution in [3.05, 3.63) is 0 Å². The van der Waals surface area contributed by atoms with Gasteiger partial charge in [-0.3, -0.25) is 9.59 Å². The first-order valence-electron chi connectivity index (χ1n) is 10.1. The van der Waals surface area contributed by atoms with Crippen LogP contribution in [0.15, 0.2) is 0 Å². The van der Waals surface area contributed by atoms with Gasteiger partial charge in [-0.05, 0) is 86.9 Å². The molecule has 0 amide bonds. The van der Waals surface area contributed by atoms with Gasteiger partial charge in [0.1, 0.15) is 0 Å². The van der Waals surface area contributed by atoms with E-state index in [1.165, 1.54) is 13.5 Å². The minimum Gasteiger partial charge on any atom is -0.481 e. The summed E-state index contributed by atoms with van der Waals surface area (Å²) in [4.78, 5) is 24.4. The van der Waals surface area contributed by atoms with Gasteiger partial charge >= 0.3 is 11.9 Å². The van der Waals surface area contributed by atoms with E-state index >= 15 is 0 Å². The molecule has 4 nitrogen and oxygen atoms in total. The summed E-state index contributed by atoms with van der Waals surface area (Å²) in [7, 11) is 1.52. The van der Waals surface area contributed by atoms with Gasteiger partial charge < -0.3 is 9.84 Å². The molecule has 0 aliphatic heterocycles. The highest BCUT2D eigenvalue weighted by atomic mass is 16.5. The third-order valence-corrected chi connectivity index (χ3v) is 9.10. The highest BCUT2D eigenvalue weighted by Crippen LogP contribution is 2.72. The molecule has 0 aromatic heterocycles. The minimum absolute atomic E-state index is 0.0390. The highest BCUT2D eigenvalue weighted by molar-refractivity contribution is 5.77. The summed E-state index contributed by atoms with van der Waals surface area (Å²) in [5.41, 5.74) is -0.00555. The van der Waals surface area contributed by atoms with Gasteiger partial charge in [0.25, 0.3) is 0 Å². The summed E-state index contributed by atoms with van der Waals surface area (Å²) in [6, 6.07) is 0. The van der Waals surface area contributed by atoms with Crippen LogP contribution in [-0.2, 0) is 14.3 Å². The molecular weight excluding hydrogens is 316 g/mol. The SMILES string of the molecule is COC(=O)[C@]1(C)CCC[C@@]2(C)[C@@H]3CC[C@@H]4C[C@@]3(CC[C@@H]21)C[C@@H]4C(=O)O. The quantitative estimate of drug-likeness (QED) is 0.757. The number of carboxylic acid groups (broad SMARTS) is 1. The van der Waals surface area contributed by atoms with Gasteiger partial charge in [-0.1, -0.05) is 13.3 Å². The van der Waals surface area contributed by atoms with E-state index in [1.807, 2.05) is 0 Å². The molecule has 4 fully saturated rings. The number of carbonyl (C=O) groups excluding carboxylic acids is 1. The molecule has 4 rings (SSSR count). The first-order valence-corrected chi connectivity index (χ1v) is 10.1. The summed E-state index contributed by atoms with van der Waals surface area (Å²) in [5, 5.41) is 9.67. The number of aliphatic carboxylic acids is 1. The third-order valence-electron chi connectivity index (χ3n) is 9.10. The molecule has 0 heterocycles. The van der Waals surface area contributed by atoms with Crippen molar-refractivity contribution in [1.82, 2.24) is 0 Å². The first-order chi connectivity index (χ1) is 11.8. The topological polar surface area (TPSA) is 63.6 Å². The van der Waals surface area contributed by atoms with Gasteiger partial charge in [0.2, 0.25) is 0 Å². The van der Waals surface area contributed by atoms with Crippen LogP contribution in [0.1, 0.15) is 71.6 Å². The molecule has 0 radical (unpaired) electrons. The average molecular weight is 348 g/mol. The molecule has 1 N–H and O–H groups in total. The number of fused-ring (bicyclic) bond motifs is 3. The van der Waals surface area contributed by atoms with E-state index in [9.17, 15) is 14.7 Å². The lowest BCUT2D eigenvalue weighted by atomic mass is 9.41. The van der Waals surface area contributed by atoms with Gasteiger partial charge in [-0.2, -0.15) is 0 Å². The van der Waals surface area contributed by atoms with Crippen LogP contribution in [0, 0.1) is 39.9 Å². The van der Waals surface area contributed by atoms with E-state index in [-0.39, 0.29) is 28.1 Å². The molecule has 0 saturated heterocycles. The van der Waals surface area contributed by atoms with Gasteiger partial charge in [-0.25, -0.2) is 0 Å². The largest absolute Gasteiger partial charge is 0.481 e. The number of carboxylic acids is 1. The predicted octanol–water partition coefficient (Wildman–Crippen LogP) is 4.27. The minimum atomic E-state index is -0.585. The van der Waals surface area contributed by atoms with Gasteiger partial charge in [0.05, 0.1) is 18.4 Å². The monoisotopic (exact) mass is 348 g/mol. The highest BCUT2D eigenvalue weighted by Gasteiger charge is 2.66. The van der Waals surface area contributed by atoms with Crippen molar-refractivity contribution in [2.45, 2.75) is 71.6 Å². The Morgan fingerprint density at radius 2 is 1.76 bits per heavy atom. The Bertz CT molecular complexity index is 601. The Hall–Kier alpha value is -1.06. The number of hydrogen-bond acceptors (Lipinski definition) is 3. The summed E-state index contributed by atoms with van der Waals surface area (Å²) < 4.78 is 5.21. The molecular formula is C21H32O4. The predicted molar refractivity (Wildman–Crippen MR) is 93.8 cm³/mol. The zero-order chi connectivity index (χ0) is 18.0. The Labute approximate surface area is 150 Å². The van der Waals surface area contributed by atoms with Crippen LogP contribution in [0.3, 0.4) is 0 Å². The lowest BCUT2D eigenvalue weighted by molar-refractivity contribution is -0.183. The summed E-state index contributed by atoms with van der Waals surface area (Å²) in [6.45, 7) is 4.54. The zero-order valence-electron chi connectivity index (χ0n) is 15.8. The first kappa shape index (κ1) is 17.4. The van der Waals surface area contributed by atoms with Crippen LogP contribution in [0.25, 0.3) is 0 Å². The molecule has 4 heteroatoms. The van der Waals surface area contributed by atoms with Crippen LogP contribution in [0.2, 0.25) is 0 Å². The lowest BCUT2D eigenvalue weighted by Crippen LogP contribution is -2.58. The van der Waals surface area contributed by atoms with E-state index in [0.29, 0.717) is 17.8 Å². The standard InChI is InChI=1S/C21H32O4/c1-19-8-4-9-20(2,18(24)25-3)15(19)7-10-21-11-13(5-6-16(19)21)14(12-21)17(22)23/h13-16H,4-12H2,1-3H3,(H,22,23)/t13-,14+,15+,16+,19-,20-,21+/m1/s1. The second kappa shape index (κ2) is 5.47. The fourth-order valence-corrected chi connectivity index (χ4v) is 8.21. The summed E-state index contributed by atoms with van der Waals surface area (Å²) in [6.07, 6.45) is 9.53. The number of carbonyl (C=O) groups is 2. The van der Waals surface area contributed by atoms with Gasteiger partial charge in [0.15, 0.2) is 0 Å². The van der Waals surface area contributed by atoms with Crippen LogP contribution in [0.4, 0.5) is 0 Å². The molecule has 4 saturated carbocycles. The van der Waals surface area contributed by atoms with Gasteiger partial charge in [0, 0.05) is 0 Å². The maximum atomic E-state index is 12.6. The van der Waals surface area contributed by atoms with Crippen LogP contribution in [0.5, 0.6) is 0 Å². The second-order valence-electron chi connectivity index (χ2n) is 9.97. The van der Waals surface area contributed by atoms with Crippen molar-refractivity contribution >= 4 is 11.9 Å². The summed E-state index contributed by atoms with van der Waals surface area (Å²) >= 11 is 0. The van der Waals surface area contributed by atoms with E-state index in [0.717, 1.165) is 51.4 Å². The smallest absolute Gasteiger partial charge is 0.311 e. The lowest BCUT2D eigenvalue weighted by Gasteiger charge is -2.63. The van der Waals surface area contributed by atoms with E-state index < -0.39 is 5.97 Å². The van der Waals surface area contributed by atoms with Crippen LogP contribution >= 0.6 is 0 Å². The van der Waals surface area contributed by atoms with E-state index in [1.54, 1.807) is 0 Å². The fraction of sp³-hybridized carbons (Fsp3) is 0.905. The van der Waals surface area contributed by atoms with Crippen molar-refractivity contribution in [2.24, 2.45) is 39.9 Å². The molecule has 4 aliphatic carbocycles. The summed E-state index contributed by atoms with van der Waals surface area (Å²) in [5.74, 6) is 0.562. The van der Waals surface area contributed by atoms with Crippen molar-refractivity contribution in [3.63, 3.8) is 0 Å².